The maximum absolute atomic E-state index is 12.7. The van der Waals surface area contributed by atoms with E-state index in [0.29, 0.717) is 12.6 Å². The summed E-state index contributed by atoms with van der Waals surface area (Å²) < 4.78 is 0. The number of rotatable bonds is 2. The normalized spacial score (nSPS) is 26.6. The minimum absolute atomic E-state index is 0.233. The molecule has 0 spiro atoms. The topological polar surface area (TPSA) is 35.6 Å². The lowest BCUT2D eigenvalue weighted by Gasteiger charge is -2.35. The highest BCUT2D eigenvalue weighted by molar-refractivity contribution is 5.97. The molecule has 20 heavy (non-hydrogen) atoms. The van der Waals surface area contributed by atoms with Crippen molar-refractivity contribution in [3.05, 3.63) is 29.8 Å². The van der Waals surface area contributed by atoms with E-state index in [1.54, 1.807) is 0 Å². The molecule has 4 heteroatoms. The summed E-state index contributed by atoms with van der Waals surface area (Å²) >= 11 is 0. The molecule has 1 aromatic carbocycles. The van der Waals surface area contributed by atoms with Crippen molar-refractivity contribution in [2.45, 2.75) is 32.4 Å². The maximum Gasteiger partial charge on any atom is 0.241 e. The summed E-state index contributed by atoms with van der Waals surface area (Å²) in [4.78, 5) is 17.0. The lowest BCUT2D eigenvalue weighted by molar-refractivity contribution is -0.120. The molecule has 1 fully saturated rings. The lowest BCUT2D eigenvalue weighted by atomic mass is 10.1. The Morgan fingerprint density at radius 3 is 2.90 bits per heavy atom. The highest BCUT2D eigenvalue weighted by Gasteiger charge is 2.32. The zero-order valence-corrected chi connectivity index (χ0v) is 12.3. The largest absolute Gasteiger partial charge is 0.314 e. The van der Waals surface area contributed by atoms with Crippen LogP contribution in [0.1, 0.15) is 19.4 Å². The van der Waals surface area contributed by atoms with Gasteiger partial charge >= 0.3 is 0 Å². The van der Waals surface area contributed by atoms with Gasteiger partial charge < -0.3 is 10.2 Å². The van der Waals surface area contributed by atoms with Gasteiger partial charge in [0, 0.05) is 37.4 Å². The van der Waals surface area contributed by atoms with Crippen LogP contribution in [-0.4, -0.2) is 49.1 Å². The Labute approximate surface area is 120 Å². The standard InChI is InChI=1S/C16H23N3O/c1-12-9-14-5-3-4-6-15(14)19(12)16(20)11-18-8-7-17-10-13(18)2/h3-6,12-13,17H,7-11H2,1-2H3/t12?,13-/m1/s1. The second-order valence-corrected chi connectivity index (χ2v) is 5.97. The number of nitrogens with one attached hydrogen (secondary N) is 1. The molecule has 1 saturated heterocycles. The summed E-state index contributed by atoms with van der Waals surface area (Å²) in [5, 5.41) is 3.37. The zero-order chi connectivity index (χ0) is 14.1. The molecule has 1 amide bonds. The average molecular weight is 273 g/mol. The third-order valence-electron chi connectivity index (χ3n) is 4.45. The molecule has 0 aliphatic carbocycles. The predicted octanol–water partition coefficient (Wildman–Crippen LogP) is 1.26. The summed E-state index contributed by atoms with van der Waals surface area (Å²) in [5.41, 5.74) is 2.40. The van der Waals surface area contributed by atoms with Crippen molar-refractivity contribution < 1.29 is 4.79 Å². The van der Waals surface area contributed by atoms with Crippen LogP contribution >= 0.6 is 0 Å². The number of nitrogens with zero attached hydrogens (tertiary/aromatic N) is 2. The van der Waals surface area contributed by atoms with Crippen LogP contribution in [0.2, 0.25) is 0 Å². The Balaban J connectivity index is 1.74. The SMILES string of the molecule is CC1Cc2ccccc2N1C(=O)CN1CCNC[C@H]1C. The second-order valence-electron chi connectivity index (χ2n) is 5.97. The van der Waals surface area contributed by atoms with Gasteiger partial charge in [0.15, 0.2) is 0 Å². The molecule has 0 aromatic heterocycles. The van der Waals surface area contributed by atoms with Gasteiger partial charge in [-0.1, -0.05) is 18.2 Å². The molecule has 1 N–H and O–H groups in total. The van der Waals surface area contributed by atoms with Crippen LogP contribution in [0, 0.1) is 0 Å². The van der Waals surface area contributed by atoms with E-state index < -0.39 is 0 Å². The maximum atomic E-state index is 12.7. The van der Waals surface area contributed by atoms with Gasteiger partial charge in [0.2, 0.25) is 5.91 Å². The molecule has 0 radical (unpaired) electrons. The molecule has 0 saturated carbocycles. The number of carbonyl (C=O) groups is 1. The van der Waals surface area contributed by atoms with Crippen molar-refractivity contribution in [1.82, 2.24) is 10.2 Å². The first kappa shape index (κ1) is 13.6. The lowest BCUT2D eigenvalue weighted by Crippen LogP contribution is -2.53. The molecule has 3 rings (SSSR count). The summed E-state index contributed by atoms with van der Waals surface area (Å²) in [6, 6.07) is 8.98. The van der Waals surface area contributed by atoms with Crippen molar-refractivity contribution in [2.24, 2.45) is 0 Å². The van der Waals surface area contributed by atoms with Crippen molar-refractivity contribution >= 4 is 11.6 Å². The van der Waals surface area contributed by atoms with Crippen LogP contribution < -0.4 is 10.2 Å². The third-order valence-corrected chi connectivity index (χ3v) is 4.45. The fraction of sp³-hybridized carbons (Fsp3) is 0.562. The Hall–Kier alpha value is -1.39. The molecule has 0 bridgehead atoms. The van der Waals surface area contributed by atoms with Crippen molar-refractivity contribution in [1.29, 1.82) is 0 Å². The Bertz CT molecular complexity index is 502. The Morgan fingerprint density at radius 2 is 2.10 bits per heavy atom. The van der Waals surface area contributed by atoms with Gasteiger partial charge in [-0.2, -0.15) is 0 Å². The summed E-state index contributed by atoms with van der Waals surface area (Å²) in [6.45, 7) is 7.75. The molecular formula is C16H23N3O. The van der Waals surface area contributed by atoms with Gasteiger partial charge in [-0.15, -0.1) is 0 Å². The first-order chi connectivity index (χ1) is 9.66. The van der Waals surface area contributed by atoms with Crippen molar-refractivity contribution in [2.75, 3.05) is 31.1 Å². The first-order valence-electron chi connectivity index (χ1n) is 7.51. The van der Waals surface area contributed by atoms with Gasteiger partial charge in [0.1, 0.15) is 0 Å². The van der Waals surface area contributed by atoms with Crippen molar-refractivity contribution in [3.63, 3.8) is 0 Å². The molecule has 108 valence electrons. The summed E-state index contributed by atoms with van der Waals surface area (Å²) in [7, 11) is 0. The minimum atomic E-state index is 0.233. The molecule has 2 heterocycles. The van der Waals surface area contributed by atoms with E-state index in [1.807, 2.05) is 11.0 Å². The number of benzene rings is 1. The molecule has 2 aliphatic heterocycles. The average Bonchev–Trinajstić information content (AvgIpc) is 2.77. The first-order valence-corrected chi connectivity index (χ1v) is 7.51. The van der Waals surface area contributed by atoms with Gasteiger partial charge in [0.05, 0.1) is 6.54 Å². The van der Waals surface area contributed by atoms with E-state index in [9.17, 15) is 4.79 Å². The highest BCUT2D eigenvalue weighted by Crippen LogP contribution is 2.31. The molecule has 2 aliphatic rings. The van der Waals surface area contributed by atoms with E-state index in [0.717, 1.165) is 31.7 Å². The molecule has 4 nitrogen and oxygen atoms in total. The molecule has 1 aromatic rings. The van der Waals surface area contributed by atoms with Crippen LogP contribution in [0.15, 0.2) is 24.3 Å². The number of fused-ring (bicyclic) bond motifs is 1. The number of carbonyl (C=O) groups excluding carboxylic acids is 1. The number of amides is 1. The van der Waals surface area contributed by atoms with Gasteiger partial charge in [-0.05, 0) is 31.9 Å². The van der Waals surface area contributed by atoms with Gasteiger partial charge in [-0.3, -0.25) is 9.69 Å². The molecule has 1 unspecified atom stereocenters. The number of hydrogen-bond donors (Lipinski definition) is 1. The Kier molecular flexibility index (Phi) is 3.76. The smallest absolute Gasteiger partial charge is 0.241 e. The van der Waals surface area contributed by atoms with Crippen LogP contribution in [-0.2, 0) is 11.2 Å². The monoisotopic (exact) mass is 273 g/mol. The second kappa shape index (κ2) is 5.54. The Morgan fingerprint density at radius 1 is 1.30 bits per heavy atom. The van der Waals surface area contributed by atoms with Crippen LogP contribution in [0.4, 0.5) is 5.69 Å². The number of hydrogen-bond acceptors (Lipinski definition) is 3. The van der Waals surface area contributed by atoms with E-state index in [1.165, 1.54) is 5.56 Å². The molecule has 2 atom stereocenters. The van der Waals surface area contributed by atoms with E-state index in [4.69, 9.17) is 0 Å². The fourth-order valence-electron chi connectivity index (χ4n) is 3.31. The highest BCUT2D eigenvalue weighted by atomic mass is 16.2. The van der Waals surface area contributed by atoms with Crippen LogP contribution in [0.25, 0.3) is 0 Å². The molecular weight excluding hydrogens is 250 g/mol. The zero-order valence-electron chi connectivity index (χ0n) is 12.3. The number of piperazine rings is 1. The van der Waals surface area contributed by atoms with Gasteiger partial charge in [0.25, 0.3) is 0 Å². The van der Waals surface area contributed by atoms with E-state index in [2.05, 4.69) is 42.3 Å². The van der Waals surface area contributed by atoms with Crippen LogP contribution in [0.5, 0.6) is 0 Å². The quantitative estimate of drug-likeness (QED) is 0.881. The summed E-state index contributed by atoms with van der Waals surface area (Å²) in [6.07, 6.45) is 0.971. The number of anilines is 1. The predicted molar refractivity (Wildman–Crippen MR) is 81.0 cm³/mol. The van der Waals surface area contributed by atoms with Gasteiger partial charge in [-0.25, -0.2) is 0 Å². The minimum Gasteiger partial charge on any atom is -0.314 e. The summed E-state index contributed by atoms with van der Waals surface area (Å²) in [5.74, 6) is 0.233. The van der Waals surface area contributed by atoms with E-state index >= 15 is 0 Å². The number of para-hydroxylation sites is 1. The van der Waals surface area contributed by atoms with E-state index in [-0.39, 0.29) is 11.9 Å². The van der Waals surface area contributed by atoms with Crippen LogP contribution in [0.3, 0.4) is 0 Å². The van der Waals surface area contributed by atoms with Crippen molar-refractivity contribution in [3.8, 4) is 0 Å². The fourth-order valence-corrected chi connectivity index (χ4v) is 3.31. The third kappa shape index (κ3) is 2.45.